The number of pyridine rings is 1. The quantitative estimate of drug-likeness (QED) is 0.871. The molecule has 4 nitrogen and oxygen atoms in total. The van der Waals surface area contributed by atoms with Crippen LogP contribution in [-0.4, -0.2) is 28.3 Å². The number of piperidine rings is 1. The average molecular weight is 366 g/mol. The van der Waals surface area contributed by atoms with Gasteiger partial charge in [0.2, 0.25) is 0 Å². The maximum atomic E-state index is 12.9. The number of hydrogen-bond acceptors (Lipinski definition) is 4. The van der Waals surface area contributed by atoms with Crippen LogP contribution in [0.1, 0.15) is 42.7 Å². The van der Waals surface area contributed by atoms with E-state index < -0.39 is 23.4 Å². The van der Waals surface area contributed by atoms with Crippen molar-refractivity contribution in [2.24, 2.45) is 0 Å². The zero-order valence-corrected chi connectivity index (χ0v) is 14.4. The number of nitrogens with zero attached hydrogens (tertiary/aromatic N) is 2. The van der Waals surface area contributed by atoms with Crippen LogP contribution in [-0.2, 0) is 11.8 Å². The van der Waals surface area contributed by atoms with Crippen LogP contribution in [0.25, 0.3) is 0 Å². The molecule has 0 saturated carbocycles. The Bertz CT molecular complexity index is 769. The molecule has 3 rings (SSSR count). The van der Waals surface area contributed by atoms with Crippen molar-refractivity contribution in [1.82, 2.24) is 4.98 Å². The highest BCUT2D eigenvalue weighted by Crippen LogP contribution is 2.37. The molecule has 2 aromatic rings. The maximum absolute atomic E-state index is 12.9. The number of anilines is 1. The first-order valence-corrected chi connectivity index (χ1v) is 8.49. The highest BCUT2D eigenvalue weighted by atomic mass is 19.4. The van der Waals surface area contributed by atoms with E-state index in [9.17, 15) is 23.4 Å². The average Bonchev–Trinajstić information content (AvgIpc) is 2.62. The van der Waals surface area contributed by atoms with E-state index in [1.54, 1.807) is 19.1 Å². The molecular weight excluding hydrogens is 345 g/mol. The molecular formula is C19H21F3N2O2. The van der Waals surface area contributed by atoms with Crippen LogP contribution >= 0.6 is 0 Å². The number of halogens is 3. The minimum Gasteiger partial charge on any atom is -0.387 e. The molecule has 1 aromatic carbocycles. The molecule has 0 bridgehead atoms. The van der Waals surface area contributed by atoms with Crippen molar-refractivity contribution in [3.63, 3.8) is 0 Å². The van der Waals surface area contributed by atoms with Crippen LogP contribution in [0.2, 0.25) is 0 Å². The molecule has 2 heterocycles. The zero-order valence-electron chi connectivity index (χ0n) is 14.4. The molecule has 0 amide bonds. The zero-order chi connectivity index (χ0) is 18.9. The normalized spacial score (nSPS) is 18.6. The van der Waals surface area contributed by atoms with Gasteiger partial charge in [-0.15, -0.1) is 0 Å². The van der Waals surface area contributed by atoms with E-state index in [0.29, 0.717) is 37.4 Å². The number of aliphatic hydroxyl groups is 2. The van der Waals surface area contributed by atoms with Gasteiger partial charge in [-0.05, 0) is 49.6 Å². The van der Waals surface area contributed by atoms with Gasteiger partial charge in [-0.3, -0.25) is 0 Å². The molecule has 1 aromatic heterocycles. The van der Waals surface area contributed by atoms with Crippen molar-refractivity contribution >= 4 is 5.82 Å². The summed E-state index contributed by atoms with van der Waals surface area (Å²) in [6.07, 6.45) is -4.51. The molecule has 140 valence electrons. The predicted molar refractivity (Wildman–Crippen MR) is 91.7 cm³/mol. The fourth-order valence-corrected chi connectivity index (χ4v) is 3.23. The molecule has 0 unspecified atom stereocenters. The summed E-state index contributed by atoms with van der Waals surface area (Å²) in [7, 11) is 0. The molecule has 0 spiro atoms. The second-order valence-corrected chi connectivity index (χ2v) is 6.69. The van der Waals surface area contributed by atoms with Crippen LogP contribution < -0.4 is 4.90 Å². The standard InChI is InChI=1S/C19H21F3N2O2/c1-13(25)16-6-3-7-17(23-16)24-10-8-18(26,9-11-24)14-4-2-5-15(12-14)19(20,21)22/h2-7,12-13,25-26H,8-11H2,1H3/t13-/m0/s1. The smallest absolute Gasteiger partial charge is 0.387 e. The summed E-state index contributed by atoms with van der Waals surface area (Å²) in [5.41, 5.74) is -1.20. The van der Waals surface area contributed by atoms with Crippen LogP contribution in [0, 0.1) is 0 Å². The van der Waals surface area contributed by atoms with E-state index in [4.69, 9.17) is 0 Å². The van der Waals surface area contributed by atoms with Gasteiger partial charge in [0.1, 0.15) is 5.82 Å². The number of aliphatic hydroxyl groups excluding tert-OH is 1. The van der Waals surface area contributed by atoms with E-state index in [1.807, 2.05) is 11.0 Å². The van der Waals surface area contributed by atoms with Gasteiger partial charge in [0.15, 0.2) is 0 Å². The van der Waals surface area contributed by atoms with Crippen LogP contribution in [0.5, 0.6) is 0 Å². The van der Waals surface area contributed by atoms with E-state index in [-0.39, 0.29) is 5.56 Å². The Hall–Kier alpha value is -2.12. The summed E-state index contributed by atoms with van der Waals surface area (Å²) in [4.78, 5) is 6.37. The molecule has 1 fully saturated rings. The number of alkyl halides is 3. The molecule has 0 radical (unpaired) electrons. The summed E-state index contributed by atoms with van der Waals surface area (Å²) in [6.45, 7) is 2.56. The first-order valence-electron chi connectivity index (χ1n) is 8.49. The third-order valence-corrected chi connectivity index (χ3v) is 4.83. The van der Waals surface area contributed by atoms with Gasteiger partial charge < -0.3 is 15.1 Å². The fraction of sp³-hybridized carbons (Fsp3) is 0.421. The molecule has 1 saturated heterocycles. The number of benzene rings is 1. The summed E-state index contributed by atoms with van der Waals surface area (Å²) >= 11 is 0. The van der Waals surface area contributed by atoms with E-state index >= 15 is 0 Å². The lowest BCUT2D eigenvalue weighted by atomic mass is 9.83. The van der Waals surface area contributed by atoms with Gasteiger partial charge in [-0.2, -0.15) is 13.2 Å². The summed E-state index contributed by atoms with van der Waals surface area (Å²) in [6, 6.07) is 10.3. The summed E-state index contributed by atoms with van der Waals surface area (Å²) < 4.78 is 38.8. The molecule has 7 heteroatoms. The lowest BCUT2D eigenvalue weighted by Crippen LogP contribution is -2.43. The van der Waals surface area contributed by atoms with Crippen molar-refractivity contribution in [3.05, 3.63) is 59.3 Å². The largest absolute Gasteiger partial charge is 0.416 e. The topological polar surface area (TPSA) is 56.6 Å². The fourth-order valence-electron chi connectivity index (χ4n) is 3.23. The van der Waals surface area contributed by atoms with Gasteiger partial charge in [0.05, 0.1) is 23.0 Å². The van der Waals surface area contributed by atoms with Crippen molar-refractivity contribution in [1.29, 1.82) is 0 Å². The first-order chi connectivity index (χ1) is 12.2. The number of aromatic nitrogens is 1. The Balaban J connectivity index is 1.76. The van der Waals surface area contributed by atoms with E-state index in [0.717, 1.165) is 12.1 Å². The van der Waals surface area contributed by atoms with Gasteiger partial charge in [0.25, 0.3) is 0 Å². The second kappa shape index (κ2) is 6.89. The lowest BCUT2D eigenvalue weighted by Gasteiger charge is -2.39. The van der Waals surface area contributed by atoms with Crippen molar-refractivity contribution in [2.45, 2.75) is 37.6 Å². The third kappa shape index (κ3) is 3.83. The summed E-state index contributed by atoms with van der Waals surface area (Å²) in [5.74, 6) is 0.689. The van der Waals surface area contributed by atoms with E-state index in [1.165, 1.54) is 12.1 Å². The molecule has 1 aliphatic heterocycles. The minimum atomic E-state index is -4.43. The maximum Gasteiger partial charge on any atom is 0.416 e. The molecule has 2 N–H and O–H groups in total. The van der Waals surface area contributed by atoms with Gasteiger partial charge in [-0.25, -0.2) is 4.98 Å². The second-order valence-electron chi connectivity index (χ2n) is 6.69. The van der Waals surface area contributed by atoms with Gasteiger partial charge in [-0.1, -0.05) is 18.2 Å². The Labute approximate surface area is 149 Å². The Kier molecular flexibility index (Phi) is 4.94. The van der Waals surface area contributed by atoms with Gasteiger partial charge >= 0.3 is 6.18 Å². The minimum absolute atomic E-state index is 0.290. The Morgan fingerprint density at radius 1 is 1.12 bits per heavy atom. The Morgan fingerprint density at radius 2 is 1.77 bits per heavy atom. The van der Waals surface area contributed by atoms with Crippen molar-refractivity contribution < 1.29 is 23.4 Å². The lowest BCUT2D eigenvalue weighted by molar-refractivity contribution is -0.137. The van der Waals surface area contributed by atoms with E-state index in [2.05, 4.69) is 4.98 Å². The van der Waals surface area contributed by atoms with Crippen LogP contribution in [0.4, 0.5) is 19.0 Å². The van der Waals surface area contributed by atoms with Gasteiger partial charge in [0, 0.05) is 13.1 Å². The third-order valence-electron chi connectivity index (χ3n) is 4.83. The van der Waals surface area contributed by atoms with Crippen molar-refractivity contribution in [2.75, 3.05) is 18.0 Å². The predicted octanol–water partition coefficient (Wildman–Crippen LogP) is 3.64. The Morgan fingerprint density at radius 3 is 2.38 bits per heavy atom. The summed E-state index contributed by atoms with van der Waals surface area (Å²) in [5, 5.41) is 20.5. The number of hydrogen-bond donors (Lipinski definition) is 2. The SMILES string of the molecule is C[C@H](O)c1cccc(N2CCC(O)(c3cccc(C(F)(F)F)c3)CC2)n1. The molecule has 0 aliphatic carbocycles. The monoisotopic (exact) mass is 366 g/mol. The van der Waals surface area contributed by atoms with Crippen LogP contribution in [0.15, 0.2) is 42.5 Å². The number of rotatable bonds is 3. The molecule has 26 heavy (non-hydrogen) atoms. The van der Waals surface area contributed by atoms with Crippen LogP contribution in [0.3, 0.4) is 0 Å². The highest BCUT2D eigenvalue weighted by Gasteiger charge is 2.37. The highest BCUT2D eigenvalue weighted by molar-refractivity contribution is 5.41. The van der Waals surface area contributed by atoms with Crippen molar-refractivity contribution in [3.8, 4) is 0 Å². The molecule has 1 aliphatic rings. The molecule has 1 atom stereocenters. The first kappa shape index (κ1) is 18.7.